The first-order valence-corrected chi connectivity index (χ1v) is 6.86. The minimum atomic E-state index is 0.586. The third kappa shape index (κ3) is 2.61. The quantitative estimate of drug-likeness (QED) is 0.828. The van der Waals surface area contributed by atoms with Gasteiger partial charge in [-0.05, 0) is 41.7 Å². The monoisotopic (exact) mass is 223 g/mol. The summed E-state index contributed by atoms with van der Waals surface area (Å²) in [7, 11) is 0. The largest absolute Gasteiger partial charge is 0.310 e. The Morgan fingerprint density at radius 2 is 2.33 bits per heavy atom. The Morgan fingerprint density at radius 3 is 3.07 bits per heavy atom. The molecule has 1 nitrogen and oxygen atoms in total. The first kappa shape index (κ1) is 11.2. The highest BCUT2D eigenvalue weighted by molar-refractivity contribution is 7.10. The molecule has 0 saturated carbocycles. The van der Waals surface area contributed by atoms with Gasteiger partial charge in [-0.2, -0.15) is 0 Å². The van der Waals surface area contributed by atoms with Crippen LogP contribution in [0, 0.1) is 5.92 Å². The predicted molar refractivity (Wildman–Crippen MR) is 67.5 cm³/mol. The standard InChI is InChI=1S/C13H21NS/c1-9(2)14-7-11-8-15-13-6-10(3)4-5-12(11)13/h8-10,14H,4-7H2,1-3H3. The van der Waals surface area contributed by atoms with Gasteiger partial charge in [-0.3, -0.25) is 0 Å². The number of nitrogens with one attached hydrogen (secondary N) is 1. The van der Waals surface area contributed by atoms with Crippen molar-refractivity contribution in [3.05, 3.63) is 21.4 Å². The van der Waals surface area contributed by atoms with Gasteiger partial charge in [-0.25, -0.2) is 0 Å². The van der Waals surface area contributed by atoms with Crippen molar-refractivity contribution in [2.75, 3.05) is 0 Å². The molecule has 1 N–H and O–H groups in total. The highest BCUT2D eigenvalue weighted by atomic mass is 32.1. The van der Waals surface area contributed by atoms with E-state index in [9.17, 15) is 0 Å². The molecule has 84 valence electrons. The molecule has 1 aromatic rings. The number of fused-ring (bicyclic) bond motifs is 1. The van der Waals surface area contributed by atoms with Crippen LogP contribution < -0.4 is 5.32 Å². The van der Waals surface area contributed by atoms with E-state index in [1.165, 1.54) is 19.3 Å². The third-order valence-electron chi connectivity index (χ3n) is 3.19. The number of hydrogen-bond acceptors (Lipinski definition) is 2. The molecule has 15 heavy (non-hydrogen) atoms. The third-order valence-corrected chi connectivity index (χ3v) is 4.29. The van der Waals surface area contributed by atoms with Gasteiger partial charge in [0.1, 0.15) is 0 Å². The van der Waals surface area contributed by atoms with E-state index >= 15 is 0 Å². The molecule has 0 amide bonds. The summed E-state index contributed by atoms with van der Waals surface area (Å²) in [5, 5.41) is 5.88. The zero-order valence-corrected chi connectivity index (χ0v) is 10.8. The molecule has 1 unspecified atom stereocenters. The van der Waals surface area contributed by atoms with Crippen LogP contribution in [0.15, 0.2) is 5.38 Å². The van der Waals surface area contributed by atoms with E-state index in [2.05, 4.69) is 31.5 Å². The van der Waals surface area contributed by atoms with Gasteiger partial charge in [0.25, 0.3) is 0 Å². The van der Waals surface area contributed by atoms with Crippen LogP contribution in [0.2, 0.25) is 0 Å². The first-order valence-electron chi connectivity index (χ1n) is 5.98. The number of hydrogen-bond donors (Lipinski definition) is 1. The van der Waals surface area contributed by atoms with Gasteiger partial charge >= 0.3 is 0 Å². The first-order chi connectivity index (χ1) is 7.16. The molecule has 1 aliphatic carbocycles. The minimum Gasteiger partial charge on any atom is -0.310 e. The summed E-state index contributed by atoms with van der Waals surface area (Å²) < 4.78 is 0. The van der Waals surface area contributed by atoms with Crippen molar-refractivity contribution in [1.29, 1.82) is 0 Å². The maximum Gasteiger partial charge on any atom is 0.0218 e. The van der Waals surface area contributed by atoms with Crippen LogP contribution in [-0.2, 0) is 19.4 Å². The summed E-state index contributed by atoms with van der Waals surface area (Å²) in [6, 6.07) is 0.586. The Hall–Kier alpha value is -0.340. The van der Waals surface area contributed by atoms with E-state index < -0.39 is 0 Å². The van der Waals surface area contributed by atoms with E-state index in [1.807, 2.05) is 11.3 Å². The lowest BCUT2D eigenvalue weighted by Crippen LogP contribution is -2.22. The second-order valence-electron chi connectivity index (χ2n) is 5.05. The lowest BCUT2D eigenvalue weighted by Gasteiger charge is -2.19. The Balaban J connectivity index is 2.07. The van der Waals surface area contributed by atoms with Crippen LogP contribution in [-0.4, -0.2) is 6.04 Å². The Labute approximate surface area is 96.9 Å². The fourth-order valence-corrected chi connectivity index (χ4v) is 3.47. The minimum absolute atomic E-state index is 0.586. The van der Waals surface area contributed by atoms with E-state index in [-0.39, 0.29) is 0 Å². The van der Waals surface area contributed by atoms with Crippen LogP contribution in [0.4, 0.5) is 0 Å². The zero-order valence-electron chi connectivity index (χ0n) is 9.97. The fraction of sp³-hybridized carbons (Fsp3) is 0.692. The van der Waals surface area contributed by atoms with Crippen LogP contribution in [0.1, 0.15) is 43.2 Å². The van der Waals surface area contributed by atoms with Crippen molar-refractivity contribution in [2.45, 2.75) is 52.6 Å². The second-order valence-corrected chi connectivity index (χ2v) is 6.01. The van der Waals surface area contributed by atoms with Crippen LogP contribution in [0.5, 0.6) is 0 Å². The normalized spacial score (nSPS) is 20.7. The smallest absolute Gasteiger partial charge is 0.0218 e. The highest BCUT2D eigenvalue weighted by Gasteiger charge is 2.19. The van der Waals surface area contributed by atoms with Gasteiger partial charge in [0.2, 0.25) is 0 Å². The Morgan fingerprint density at radius 1 is 1.53 bits per heavy atom. The summed E-state index contributed by atoms with van der Waals surface area (Å²) in [6.07, 6.45) is 3.98. The highest BCUT2D eigenvalue weighted by Crippen LogP contribution is 2.32. The fourth-order valence-electron chi connectivity index (χ4n) is 2.21. The molecular weight excluding hydrogens is 202 g/mol. The van der Waals surface area contributed by atoms with E-state index in [1.54, 1.807) is 16.0 Å². The molecular formula is C13H21NS. The average Bonchev–Trinajstić information content (AvgIpc) is 2.57. The second kappa shape index (κ2) is 4.67. The molecule has 1 heterocycles. The van der Waals surface area contributed by atoms with Crippen LogP contribution in [0.3, 0.4) is 0 Å². The maximum atomic E-state index is 3.52. The lowest BCUT2D eigenvalue weighted by molar-refractivity contribution is 0.502. The van der Waals surface area contributed by atoms with Gasteiger partial charge in [-0.1, -0.05) is 20.8 Å². The molecule has 0 fully saturated rings. The predicted octanol–water partition coefficient (Wildman–Crippen LogP) is 3.37. The summed E-state index contributed by atoms with van der Waals surface area (Å²) in [5.41, 5.74) is 3.21. The molecule has 2 heteroatoms. The van der Waals surface area contributed by atoms with Gasteiger partial charge in [0.15, 0.2) is 0 Å². The molecule has 0 bridgehead atoms. The Kier molecular flexibility index (Phi) is 3.47. The van der Waals surface area contributed by atoms with Crippen molar-refractivity contribution < 1.29 is 0 Å². The Bertz CT molecular complexity index is 327. The topological polar surface area (TPSA) is 12.0 Å². The van der Waals surface area contributed by atoms with Crippen molar-refractivity contribution in [2.24, 2.45) is 5.92 Å². The summed E-state index contributed by atoms with van der Waals surface area (Å²) in [4.78, 5) is 1.65. The van der Waals surface area contributed by atoms with Gasteiger partial charge in [0, 0.05) is 17.5 Å². The molecule has 2 rings (SSSR count). The molecule has 0 spiro atoms. The van der Waals surface area contributed by atoms with E-state index in [0.29, 0.717) is 6.04 Å². The van der Waals surface area contributed by atoms with Gasteiger partial charge in [0.05, 0.1) is 0 Å². The lowest BCUT2D eigenvalue weighted by atomic mass is 9.88. The summed E-state index contributed by atoms with van der Waals surface area (Å²) in [6.45, 7) is 7.84. The van der Waals surface area contributed by atoms with Crippen LogP contribution >= 0.6 is 11.3 Å². The van der Waals surface area contributed by atoms with E-state index in [0.717, 1.165) is 12.5 Å². The van der Waals surface area contributed by atoms with Crippen molar-refractivity contribution in [3.63, 3.8) is 0 Å². The van der Waals surface area contributed by atoms with Crippen molar-refractivity contribution >= 4 is 11.3 Å². The molecule has 0 radical (unpaired) electrons. The number of thiophene rings is 1. The molecule has 0 saturated heterocycles. The average molecular weight is 223 g/mol. The molecule has 1 atom stereocenters. The summed E-state index contributed by atoms with van der Waals surface area (Å²) >= 11 is 1.97. The van der Waals surface area contributed by atoms with Crippen molar-refractivity contribution in [3.8, 4) is 0 Å². The van der Waals surface area contributed by atoms with Gasteiger partial charge < -0.3 is 5.32 Å². The molecule has 0 aliphatic heterocycles. The molecule has 1 aliphatic rings. The van der Waals surface area contributed by atoms with Crippen molar-refractivity contribution in [1.82, 2.24) is 5.32 Å². The number of rotatable bonds is 3. The van der Waals surface area contributed by atoms with E-state index in [4.69, 9.17) is 0 Å². The van der Waals surface area contributed by atoms with Gasteiger partial charge in [-0.15, -0.1) is 11.3 Å². The summed E-state index contributed by atoms with van der Waals surface area (Å²) in [5.74, 6) is 0.891. The molecule has 1 aromatic heterocycles. The molecule has 0 aromatic carbocycles. The van der Waals surface area contributed by atoms with Crippen LogP contribution in [0.25, 0.3) is 0 Å². The SMILES string of the molecule is CC1CCc2c(CNC(C)C)csc2C1. The zero-order chi connectivity index (χ0) is 10.8. The maximum absolute atomic E-state index is 3.52.